The lowest BCUT2D eigenvalue weighted by atomic mass is 10.2. The summed E-state index contributed by atoms with van der Waals surface area (Å²) in [5, 5.41) is 10.0. The number of fused-ring (bicyclic) bond motifs is 1. The molecule has 0 aliphatic heterocycles. The molecule has 0 bridgehead atoms. The zero-order valence-electron chi connectivity index (χ0n) is 8.05. The fourth-order valence-corrected chi connectivity index (χ4v) is 3.31. The third kappa shape index (κ3) is 2.48. The molecule has 5 nitrogen and oxygen atoms in total. The summed E-state index contributed by atoms with van der Waals surface area (Å²) < 4.78 is 32.5. The first-order chi connectivity index (χ1) is 7.80. The van der Waals surface area contributed by atoms with Gasteiger partial charge in [0.25, 0.3) is 10.1 Å². The van der Waals surface area contributed by atoms with Crippen molar-refractivity contribution in [2.45, 2.75) is 4.90 Å². The monoisotopic (exact) mass is 477 g/mol. The van der Waals surface area contributed by atoms with Crippen LogP contribution in [0.15, 0.2) is 23.1 Å². The highest BCUT2D eigenvalue weighted by Gasteiger charge is 2.19. The number of aromatic hydroxyl groups is 1. The summed E-state index contributed by atoms with van der Waals surface area (Å²) in [4.78, 5) is 3.82. The van der Waals surface area contributed by atoms with Gasteiger partial charge in [-0.05, 0) is 63.4 Å². The molecule has 1 aromatic carbocycles. The number of nitrogens with zero attached hydrogens (tertiary/aromatic N) is 1. The van der Waals surface area contributed by atoms with E-state index in [1.807, 2.05) is 22.6 Å². The highest BCUT2D eigenvalue weighted by Crippen LogP contribution is 2.33. The summed E-state index contributed by atoms with van der Waals surface area (Å²) in [5.74, 6) is -0.0912. The zero-order valence-corrected chi connectivity index (χ0v) is 13.2. The molecule has 0 radical (unpaired) electrons. The maximum Gasteiger partial charge on any atom is 0.295 e. The van der Waals surface area contributed by atoms with Gasteiger partial charge < -0.3 is 5.11 Å². The standard InChI is InChI=1S/C9H5I2NO4S/c10-5-3-6(17(14,15)16)4-1-2-7(11)12-8(4)9(5)13/h1-3,13H,(H,14,15,16). The van der Waals surface area contributed by atoms with E-state index in [4.69, 9.17) is 4.55 Å². The lowest BCUT2D eigenvalue weighted by Gasteiger charge is -2.07. The Morgan fingerprint density at radius 1 is 1.24 bits per heavy atom. The van der Waals surface area contributed by atoms with Gasteiger partial charge >= 0.3 is 0 Å². The van der Waals surface area contributed by atoms with E-state index in [0.717, 1.165) is 0 Å². The molecule has 2 N–H and O–H groups in total. The maximum absolute atomic E-state index is 11.2. The van der Waals surface area contributed by atoms with Gasteiger partial charge in [-0.25, -0.2) is 4.98 Å². The first-order valence-electron chi connectivity index (χ1n) is 4.26. The van der Waals surface area contributed by atoms with Gasteiger partial charge in [-0.2, -0.15) is 8.42 Å². The number of aromatic nitrogens is 1. The lowest BCUT2D eigenvalue weighted by Crippen LogP contribution is -2.01. The third-order valence-corrected chi connectivity index (χ3v) is 4.43. The maximum atomic E-state index is 11.2. The molecule has 0 fully saturated rings. The van der Waals surface area contributed by atoms with Crippen molar-refractivity contribution in [1.82, 2.24) is 4.98 Å². The SMILES string of the molecule is O=S(=O)(O)c1cc(I)c(O)c2nc(I)ccc12. The van der Waals surface area contributed by atoms with Gasteiger partial charge in [0.15, 0.2) is 5.75 Å². The fraction of sp³-hybridized carbons (Fsp3) is 0. The molecule has 0 unspecified atom stereocenters. The number of hydrogen-bond acceptors (Lipinski definition) is 4. The molecule has 0 atom stereocenters. The van der Waals surface area contributed by atoms with Crippen LogP contribution in [0.4, 0.5) is 0 Å². The van der Waals surface area contributed by atoms with Gasteiger partial charge in [0.05, 0.1) is 3.57 Å². The summed E-state index contributed by atoms with van der Waals surface area (Å²) in [6.45, 7) is 0. The zero-order chi connectivity index (χ0) is 12.8. The average Bonchev–Trinajstić information content (AvgIpc) is 2.22. The van der Waals surface area contributed by atoms with Crippen molar-refractivity contribution in [2.75, 3.05) is 0 Å². The molecule has 0 saturated carbocycles. The van der Waals surface area contributed by atoms with Gasteiger partial charge in [-0.1, -0.05) is 0 Å². The first kappa shape index (κ1) is 13.2. The molecule has 8 heteroatoms. The lowest BCUT2D eigenvalue weighted by molar-refractivity contribution is 0.474. The van der Waals surface area contributed by atoms with Crippen LogP contribution >= 0.6 is 45.2 Å². The number of hydrogen-bond donors (Lipinski definition) is 2. The predicted molar refractivity (Wildman–Crippen MR) is 78.7 cm³/mol. The Morgan fingerprint density at radius 3 is 2.47 bits per heavy atom. The van der Waals surface area contributed by atoms with E-state index in [1.165, 1.54) is 12.1 Å². The van der Waals surface area contributed by atoms with E-state index in [1.54, 1.807) is 28.7 Å². The highest BCUT2D eigenvalue weighted by molar-refractivity contribution is 14.1. The van der Waals surface area contributed by atoms with E-state index in [9.17, 15) is 13.5 Å². The van der Waals surface area contributed by atoms with Crippen LogP contribution in [0.1, 0.15) is 0 Å². The highest BCUT2D eigenvalue weighted by atomic mass is 127. The normalized spacial score (nSPS) is 11.9. The van der Waals surface area contributed by atoms with Gasteiger partial charge in [0.2, 0.25) is 0 Å². The Kier molecular flexibility index (Phi) is 3.49. The fourth-order valence-electron chi connectivity index (χ4n) is 1.40. The van der Waals surface area contributed by atoms with E-state index in [0.29, 0.717) is 7.27 Å². The minimum atomic E-state index is -4.34. The van der Waals surface area contributed by atoms with Crippen molar-refractivity contribution in [1.29, 1.82) is 0 Å². The summed E-state index contributed by atoms with van der Waals surface area (Å²) in [5.41, 5.74) is 0.163. The molecular formula is C9H5I2NO4S. The Morgan fingerprint density at radius 2 is 1.88 bits per heavy atom. The summed E-state index contributed by atoms with van der Waals surface area (Å²) >= 11 is 3.73. The van der Waals surface area contributed by atoms with E-state index >= 15 is 0 Å². The minimum absolute atomic E-state index is 0.0912. The molecule has 2 aromatic rings. The molecule has 17 heavy (non-hydrogen) atoms. The van der Waals surface area contributed by atoms with Gasteiger partial charge in [-0.3, -0.25) is 4.55 Å². The van der Waals surface area contributed by atoms with Crippen molar-refractivity contribution in [2.24, 2.45) is 0 Å². The number of benzene rings is 1. The van der Waals surface area contributed by atoms with Crippen LogP contribution in [0.2, 0.25) is 0 Å². The number of phenolic OH excluding ortho intramolecular Hbond substituents is 1. The summed E-state index contributed by atoms with van der Waals surface area (Å²) in [7, 11) is -4.34. The minimum Gasteiger partial charge on any atom is -0.505 e. The van der Waals surface area contributed by atoms with E-state index in [-0.39, 0.29) is 21.5 Å². The molecule has 2 rings (SSSR count). The van der Waals surface area contributed by atoms with Crippen molar-refractivity contribution in [3.8, 4) is 5.75 Å². The average molecular weight is 477 g/mol. The molecule has 0 saturated heterocycles. The Bertz CT molecular complexity index is 714. The topological polar surface area (TPSA) is 87.5 Å². The van der Waals surface area contributed by atoms with Crippen molar-refractivity contribution in [3.63, 3.8) is 0 Å². The number of phenols is 1. The molecule has 90 valence electrons. The van der Waals surface area contributed by atoms with Gasteiger partial charge in [0.1, 0.15) is 14.1 Å². The van der Waals surface area contributed by atoms with Crippen molar-refractivity contribution in [3.05, 3.63) is 25.5 Å². The van der Waals surface area contributed by atoms with Crippen LogP contribution in [-0.4, -0.2) is 23.1 Å². The van der Waals surface area contributed by atoms with Crippen LogP contribution in [0.5, 0.6) is 5.75 Å². The third-order valence-electron chi connectivity index (χ3n) is 2.11. The number of pyridine rings is 1. The van der Waals surface area contributed by atoms with E-state index in [2.05, 4.69) is 4.98 Å². The quantitative estimate of drug-likeness (QED) is 0.375. The van der Waals surface area contributed by atoms with Crippen LogP contribution in [-0.2, 0) is 10.1 Å². The van der Waals surface area contributed by atoms with E-state index < -0.39 is 10.1 Å². The van der Waals surface area contributed by atoms with Crippen molar-refractivity contribution >= 4 is 66.2 Å². The second-order valence-electron chi connectivity index (χ2n) is 3.21. The second-order valence-corrected chi connectivity index (χ2v) is 6.87. The Balaban J connectivity index is 3.03. The number of halogens is 2. The molecule has 1 heterocycles. The number of rotatable bonds is 1. The molecule has 0 amide bonds. The molecule has 0 aliphatic carbocycles. The summed E-state index contributed by atoms with van der Waals surface area (Å²) in [6.07, 6.45) is 0. The molecule has 1 aromatic heterocycles. The predicted octanol–water partition coefficient (Wildman–Crippen LogP) is 2.40. The van der Waals surface area contributed by atoms with Crippen molar-refractivity contribution < 1.29 is 18.1 Å². The summed E-state index contributed by atoms with van der Waals surface area (Å²) in [6, 6.07) is 4.31. The first-order valence-corrected chi connectivity index (χ1v) is 7.85. The van der Waals surface area contributed by atoms with Crippen LogP contribution in [0, 0.1) is 7.27 Å². The van der Waals surface area contributed by atoms with Crippen LogP contribution in [0.25, 0.3) is 10.9 Å². The van der Waals surface area contributed by atoms with Crippen LogP contribution < -0.4 is 0 Å². The molecule has 0 spiro atoms. The Labute approximate surface area is 124 Å². The van der Waals surface area contributed by atoms with Gasteiger partial charge in [0, 0.05) is 5.39 Å². The van der Waals surface area contributed by atoms with Gasteiger partial charge in [-0.15, -0.1) is 0 Å². The smallest absolute Gasteiger partial charge is 0.295 e. The largest absolute Gasteiger partial charge is 0.505 e. The molecular weight excluding hydrogens is 472 g/mol. The van der Waals surface area contributed by atoms with Crippen LogP contribution in [0.3, 0.4) is 0 Å². The molecule has 0 aliphatic rings. The second kappa shape index (κ2) is 4.48. The Hall–Kier alpha value is -0.200.